The maximum atomic E-state index is 13.7. The smallest absolute Gasteiger partial charge is 0.322 e. The normalized spacial score (nSPS) is 14.8. The number of aliphatic hydroxyl groups excluding tert-OH is 3. The van der Waals surface area contributed by atoms with E-state index in [2.05, 4.69) is 74.1 Å². The Bertz CT molecular complexity index is 2660. The first kappa shape index (κ1) is 73.3. The second-order valence-corrected chi connectivity index (χ2v) is 19.1. The van der Waals surface area contributed by atoms with Crippen molar-refractivity contribution in [3.63, 3.8) is 0 Å². The SMILES string of the molecule is C[C@H](NC(=O)CN)C(=O)NCC(=O)N[C@@H](CO)C(=O)NCC(=O)N[C@@H](C)C(=O)NCC(=O)N[C@@H](CO)C(=O)NCC(=O)N[C@@H](Cc1ccc(O)cc1)C(=O)N[C@@H](CO)C(=O)NCC(=O)N[C@@H](CCCN=C(N)N)C(=O)N1CCC[C@H]1C(=O)NCC(=O)O. The van der Waals surface area contributed by atoms with Gasteiger partial charge in [-0.3, -0.25) is 76.9 Å². The number of likely N-dealkylation sites (tertiary alicyclic amines) is 1. The number of aliphatic hydroxyl groups is 3. The number of aliphatic carboxylic acids is 1. The third-order valence-electron chi connectivity index (χ3n) is 12.2. The zero-order valence-corrected chi connectivity index (χ0v) is 47.4. The molecule has 1 heterocycles. The highest BCUT2D eigenvalue weighted by molar-refractivity contribution is 5.98. The lowest BCUT2D eigenvalue weighted by Gasteiger charge is -2.28. The Kier molecular flexibility index (Phi) is 32.2. The summed E-state index contributed by atoms with van der Waals surface area (Å²) in [5.74, 6) is -14.7. The third-order valence-corrected chi connectivity index (χ3v) is 12.2. The number of guanidine groups is 1. The number of carboxylic acids is 1. The second-order valence-electron chi connectivity index (χ2n) is 19.1. The maximum Gasteiger partial charge on any atom is 0.322 e. The first-order valence-corrected chi connectivity index (χ1v) is 26.7. The van der Waals surface area contributed by atoms with E-state index in [0.717, 1.165) is 0 Å². The van der Waals surface area contributed by atoms with Gasteiger partial charge in [-0.1, -0.05) is 12.1 Å². The topological polar surface area (TPSA) is 607 Å². The summed E-state index contributed by atoms with van der Waals surface area (Å²) in [5.41, 5.74) is 16.3. The molecular weight excluding hydrogens is 1160 g/mol. The summed E-state index contributed by atoms with van der Waals surface area (Å²) in [4.78, 5) is 195. The van der Waals surface area contributed by atoms with Crippen LogP contribution in [0.15, 0.2) is 29.3 Å². The number of carbonyl (C=O) groups is 15. The molecule has 1 aliphatic rings. The van der Waals surface area contributed by atoms with Gasteiger partial charge < -0.3 is 117 Å². The molecule has 482 valence electrons. The number of benzene rings is 1. The van der Waals surface area contributed by atoms with Gasteiger partial charge in [0.15, 0.2) is 5.96 Å². The molecule has 38 heteroatoms. The molecule has 0 spiro atoms. The van der Waals surface area contributed by atoms with Gasteiger partial charge in [-0.2, -0.15) is 0 Å². The van der Waals surface area contributed by atoms with Crippen LogP contribution in [0, 0.1) is 0 Å². The lowest BCUT2D eigenvalue weighted by atomic mass is 10.0. The summed E-state index contributed by atoms with van der Waals surface area (Å²) >= 11 is 0. The number of hydrogen-bond acceptors (Lipinski definition) is 21. The van der Waals surface area contributed by atoms with Crippen molar-refractivity contribution in [1.29, 1.82) is 0 Å². The number of aliphatic imine (C=N–C) groups is 1. The number of rotatable bonds is 37. The van der Waals surface area contributed by atoms with E-state index in [1.807, 2.05) is 0 Å². The molecule has 0 aromatic heterocycles. The number of carboxylic acid groups (broad SMARTS) is 1. The fourth-order valence-corrected chi connectivity index (χ4v) is 7.69. The largest absolute Gasteiger partial charge is 0.508 e. The molecule has 1 aliphatic heterocycles. The predicted molar refractivity (Wildman–Crippen MR) is 297 cm³/mol. The summed E-state index contributed by atoms with van der Waals surface area (Å²) in [6.07, 6.45) is 0.373. The van der Waals surface area contributed by atoms with Crippen LogP contribution in [0.3, 0.4) is 0 Å². The van der Waals surface area contributed by atoms with E-state index in [4.69, 9.17) is 22.3 Å². The van der Waals surface area contributed by atoms with Gasteiger partial charge in [-0.05, 0) is 57.2 Å². The van der Waals surface area contributed by atoms with Crippen LogP contribution in [0.4, 0.5) is 0 Å². The van der Waals surface area contributed by atoms with Crippen molar-refractivity contribution in [2.45, 2.75) is 94.3 Å². The Morgan fingerprint density at radius 3 is 1.39 bits per heavy atom. The van der Waals surface area contributed by atoms with E-state index in [-0.39, 0.29) is 57.0 Å². The van der Waals surface area contributed by atoms with E-state index < -0.39 is 196 Å². The Morgan fingerprint density at radius 1 is 0.540 bits per heavy atom. The van der Waals surface area contributed by atoms with E-state index in [1.165, 1.54) is 43.0 Å². The van der Waals surface area contributed by atoms with Crippen LogP contribution in [-0.4, -0.2) is 252 Å². The Balaban J connectivity index is 1.97. The molecule has 8 atom stereocenters. The van der Waals surface area contributed by atoms with E-state index >= 15 is 0 Å². The minimum atomic E-state index is -1.77. The zero-order valence-electron chi connectivity index (χ0n) is 47.4. The fraction of sp³-hybridized carbons (Fsp3) is 0.551. The van der Waals surface area contributed by atoms with Gasteiger partial charge >= 0.3 is 5.97 Å². The average Bonchev–Trinajstić information content (AvgIpc) is 2.84. The van der Waals surface area contributed by atoms with Crippen LogP contribution in [-0.2, 0) is 78.3 Å². The molecule has 0 aliphatic carbocycles. The molecule has 1 fully saturated rings. The summed E-state index contributed by atoms with van der Waals surface area (Å²) in [6.45, 7) is -5.40. The summed E-state index contributed by atoms with van der Waals surface area (Å²) in [7, 11) is 0. The fourth-order valence-electron chi connectivity index (χ4n) is 7.69. The monoisotopic (exact) mass is 1240 g/mol. The van der Waals surface area contributed by atoms with Crippen molar-refractivity contribution >= 4 is 94.6 Å². The van der Waals surface area contributed by atoms with Gasteiger partial charge in [0.25, 0.3) is 0 Å². The number of nitrogens with one attached hydrogen (secondary N) is 13. The van der Waals surface area contributed by atoms with Crippen LogP contribution in [0.1, 0.15) is 45.1 Å². The molecule has 0 bridgehead atoms. The Labute approximate surface area is 495 Å². The van der Waals surface area contributed by atoms with Crippen molar-refractivity contribution in [3.05, 3.63) is 29.8 Å². The van der Waals surface area contributed by atoms with Gasteiger partial charge in [-0.25, -0.2) is 0 Å². The van der Waals surface area contributed by atoms with E-state index in [1.54, 1.807) is 0 Å². The van der Waals surface area contributed by atoms with Crippen LogP contribution < -0.4 is 86.3 Å². The zero-order chi connectivity index (χ0) is 65.3. The molecule has 1 saturated heterocycles. The number of phenols is 1. The van der Waals surface area contributed by atoms with E-state index in [9.17, 15) is 92.3 Å². The van der Waals surface area contributed by atoms with Gasteiger partial charge in [0.1, 0.15) is 60.6 Å². The number of nitrogens with zero attached hydrogens (tertiary/aromatic N) is 2. The number of phenolic OH excluding ortho intramolecular Hbond substituents is 1. The molecule has 0 saturated carbocycles. The van der Waals surface area contributed by atoms with Crippen molar-refractivity contribution < 1.29 is 97.5 Å². The van der Waals surface area contributed by atoms with Crippen molar-refractivity contribution in [1.82, 2.24) is 74.0 Å². The van der Waals surface area contributed by atoms with Gasteiger partial charge in [0.05, 0.1) is 59.1 Å². The summed E-state index contributed by atoms with van der Waals surface area (Å²) in [6, 6.07) is -6.06. The van der Waals surface area contributed by atoms with Crippen LogP contribution in [0.25, 0.3) is 0 Å². The van der Waals surface area contributed by atoms with Crippen LogP contribution in [0.5, 0.6) is 5.75 Å². The second kappa shape index (κ2) is 38.2. The van der Waals surface area contributed by atoms with Crippen LogP contribution >= 0.6 is 0 Å². The molecule has 0 radical (unpaired) electrons. The number of hydrogen-bond donors (Lipinski definition) is 21. The highest BCUT2D eigenvalue weighted by atomic mass is 16.4. The molecule has 38 nitrogen and oxygen atoms in total. The van der Waals surface area contributed by atoms with Crippen molar-refractivity contribution in [2.24, 2.45) is 22.2 Å². The number of aromatic hydroxyl groups is 1. The van der Waals surface area contributed by atoms with Gasteiger partial charge in [0.2, 0.25) is 82.7 Å². The predicted octanol–water partition coefficient (Wildman–Crippen LogP) is -12.9. The third kappa shape index (κ3) is 27.6. The summed E-state index contributed by atoms with van der Waals surface area (Å²) in [5, 5.41) is 77.3. The molecule has 1 aromatic carbocycles. The highest BCUT2D eigenvalue weighted by Gasteiger charge is 2.38. The number of carbonyl (C=O) groups excluding carboxylic acids is 14. The number of amides is 14. The average molecular weight is 1240 g/mol. The maximum absolute atomic E-state index is 13.7. The lowest BCUT2D eigenvalue weighted by Crippen LogP contribution is -2.58. The van der Waals surface area contributed by atoms with Gasteiger partial charge in [0, 0.05) is 19.5 Å². The first-order chi connectivity index (χ1) is 41.1. The molecule has 14 amide bonds. The minimum absolute atomic E-state index is 0.0410. The molecule has 87 heavy (non-hydrogen) atoms. The lowest BCUT2D eigenvalue weighted by molar-refractivity contribution is -0.143. The first-order valence-electron chi connectivity index (χ1n) is 26.7. The van der Waals surface area contributed by atoms with Crippen LogP contribution in [0.2, 0.25) is 0 Å². The molecule has 1 aromatic rings. The molecule has 2 rings (SSSR count). The quantitative estimate of drug-likeness (QED) is 0.0167. The Morgan fingerprint density at radius 2 is 0.954 bits per heavy atom. The standard InChI is InChI=1S/C49H76N18O20/c1-24(60-34(72)14-50)41(80)54-16-38(76)64-30(21-68)43(82)56-15-35(73)61-25(2)42(81)55-17-39(77)65-31(22-69)44(83)57-19-37(75)63-29(13-26-7-9-27(71)10-8-26)46(85)66-32(23-70)45(84)58-18-36(74)62-28(5-3-11-53-49(51)52)48(87)67-12-4-6-33(67)47(86)59-20-40(78)79/h7-10,24-25,28-33,68-71H,3-6,11-23,50H2,1-2H3,(H,54,80)(H,55,81)(H,56,82)(H,57,83)(H,58,84)(H,59,86)(H,60,72)(H,61,73)(H,62,74)(H,63,75)(H,64,76)(H,65,77)(H,66,85)(H,78,79)(H4,51,52,53)/t24-,25-,28-,29-,30-,31-,32-,33-/m0/s1. The molecule has 24 N–H and O–H groups in total. The molecular formula is C49H76N18O20. The van der Waals surface area contributed by atoms with Crippen molar-refractivity contribution in [3.8, 4) is 5.75 Å². The van der Waals surface area contributed by atoms with Gasteiger partial charge in [-0.15, -0.1) is 0 Å². The van der Waals surface area contributed by atoms with E-state index in [0.29, 0.717) is 12.0 Å². The highest BCUT2D eigenvalue weighted by Crippen LogP contribution is 2.20. The van der Waals surface area contributed by atoms with Crippen molar-refractivity contribution in [2.75, 3.05) is 78.7 Å². The number of nitrogens with two attached hydrogens (primary N) is 3. The Hall–Kier alpha value is -9.82. The minimum Gasteiger partial charge on any atom is -0.508 e. The molecule has 0 unspecified atom stereocenters. The summed E-state index contributed by atoms with van der Waals surface area (Å²) < 4.78 is 0.